The number of aliphatic hydroxyl groups excluding tert-OH is 1. The molecule has 21 heavy (non-hydrogen) atoms. The van der Waals surface area contributed by atoms with Crippen LogP contribution in [0.25, 0.3) is 0 Å². The molecule has 0 aromatic heterocycles. The van der Waals surface area contributed by atoms with Crippen molar-refractivity contribution in [1.82, 2.24) is 4.90 Å². The summed E-state index contributed by atoms with van der Waals surface area (Å²) in [6.45, 7) is 1.84. The number of carbonyl (C=O) groups is 1. The number of halogens is 2. The van der Waals surface area contributed by atoms with Crippen molar-refractivity contribution in [3.8, 4) is 0 Å². The minimum absolute atomic E-state index is 0.152. The number of nitrogens with zero attached hydrogens (tertiary/aromatic N) is 1. The summed E-state index contributed by atoms with van der Waals surface area (Å²) in [5.41, 5.74) is 0.766. The molecule has 1 N–H and O–H groups in total. The second-order valence-corrected chi connectivity index (χ2v) is 6.26. The lowest BCUT2D eigenvalue weighted by molar-refractivity contribution is 0.0653. The Bertz CT molecular complexity index is 527. The molecule has 1 aliphatic rings. The van der Waals surface area contributed by atoms with E-state index in [9.17, 15) is 9.18 Å². The van der Waals surface area contributed by atoms with Crippen LogP contribution in [0.2, 0.25) is 5.02 Å². The highest BCUT2D eigenvalue weighted by Crippen LogP contribution is 2.29. The highest BCUT2D eigenvalue weighted by molar-refractivity contribution is 6.33. The van der Waals surface area contributed by atoms with Crippen molar-refractivity contribution in [3.05, 3.63) is 34.1 Å². The van der Waals surface area contributed by atoms with Gasteiger partial charge in [0, 0.05) is 19.7 Å². The first-order valence-electron chi connectivity index (χ1n) is 7.27. The lowest BCUT2D eigenvalue weighted by atomic mass is 9.86. The molecule has 0 heterocycles. The van der Waals surface area contributed by atoms with E-state index in [4.69, 9.17) is 16.7 Å². The largest absolute Gasteiger partial charge is 0.396 e. The number of benzene rings is 1. The molecule has 1 aliphatic carbocycles. The van der Waals surface area contributed by atoms with Gasteiger partial charge < -0.3 is 10.0 Å². The van der Waals surface area contributed by atoms with E-state index in [1.165, 1.54) is 12.1 Å². The van der Waals surface area contributed by atoms with Crippen molar-refractivity contribution >= 4 is 17.5 Å². The van der Waals surface area contributed by atoms with Crippen LogP contribution in [0.1, 0.15) is 41.6 Å². The summed E-state index contributed by atoms with van der Waals surface area (Å²) in [6.07, 6.45) is 3.61. The first-order chi connectivity index (χ1) is 9.93. The van der Waals surface area contributed by atoms with E-state index in [0.717, 1.165) is 25.7 Å². The third-order valence-electron chi connectivity index (χ3n) is 4.42. The normalized spacial score (nSPS) is 22.1. The Labute approximate surface area is 129 Å². The van der Waals surface area contributed by atoms with E-state index in [2.05, 4.69) is 0 Å². The van der Waals surface area contributed by atoms with Crippen LogP contribution < -0.4 is 0 Å². The molecular weight excluding hydrogens is 293 g/mol. The monoisotopic (exact) mass is 313 g/mol. The van der Waals surface area contributed by atoms with Gasteiger partial charge in [0.05, 0.1) is 10.6 Å². The van der Waals surface area contributed by atoms with Gasteiger partial charge in [-0.15, -0.1) is 0 Å². The van der Waals surface area contributed by atoms with E-state index in [0.29, 0.717) is 17.0 Å². The molecule has 2 rings (SSSR count). The minimum atomic E-state index is -0.400. The van der Waals surface area contributed by atoms with Crippen LogP contribution in [0.5, 0.6) is 0 Å². The molecule has 0 radical (unpaired) electrons. The number of hydrogen-bond donors (Lipinski definition) is 1. The molecule has 0 aliphatic heterocycles. The number of aliphatic hydroxyl groups is 1. The highest BCUT2D eigenvalue weighted by atomic mass is 35.5. The Kier molecular flexibility index (Phi) is 5.22. The first kappa shape index (κ1) is 16.2. The van der Waals surface area contributed by atoms with Crippen LogP contribution in [-0.2, 0) is 0 Å². The number of hydrogen-bond acceptors (Lipinski definition) is 2. The summed E-state index contributed by atoms with van der Waals surface area (Å²) in [7, 11) is 1.77. The fraction of sp³-hybridized carbons (Fsp3) is 0.562. The Morgan fingerprint density at radius 1 is 1.38 bits per heavy atom. The lowest BCUT2D eigenvalue weighted by Crippen LogP contribution is -2.40. The fourth-order valence-corrected chi connectivity index (χ4v) is 3.12. The minimum Gasteiger partial charge on any atom is -0.396 e. The zero-order valence-electron chi connectivity index (χ0n) is 12.4. The molecule has 1 aromatic carbocycles. The standard InChI is InChI=1S/C16H21ClFNO2/c1-10-7-13(14(17)8-15(10)18)16(21)19(2)12-5-3-11(9-20)4-6-12/h7-8,11-12,20H,3-6,9H2,1-2H3. The predicted octanol–water partition coefficient (Wildman–Crippen LogP) is 3.41. The van der Waals surface area contributed by atoms with Crippen LogP contribution in [0, 0.1) is 18.7 Å². The molecule has 1 amide bonds. The van der Waals surface area contributed by atoms with Crippen LogP contribution in [0.3, 0.4) is 0 Å². The van der Waals surface area contributed by atoms with Crippen molar-refractivity contribution in [2.75, 3.05) is 13.7 Å². The second kappa shape index (κ2) is 6.75. The zero-order chi connectivity index (χ0) is 15.6. The van der Waals surface area contributed by atoms with E-state index < -0.39 is 5.82 Å². The first-order valence-corrected chi connectivity index (χ1v) is 7.65. The molecule has 0 saturated heterocycles. The number of aryl methyl sites for hydroxylation is 1. The van der Waals surface area contributed by atoms with Gasteiger partial charge in [-0.3, -0.25) is 4.79 Å². The Morgan fingerprint density at radius 3 is 2.57 bits per heavy atom. The molecule has 1 aromatic rings. The molecule has 3 nitrogen and oxygen atoms in total. The third kappa shape index (κ3) is 3.55. The van der Waals surface area contributed by atoms with Gasteiger partial charge in [-0.1, -0.05) is 11.6 Å². The topological polar surface area (TPSA) is 40.5 Å². The maximum atomic E-state index is 13.4. The molecule has 0 atom stereocenters. The summed E-state index contributed by atoms with van der Waals surface area (Å²) < 4.78 is 13.4. The molecule has 0 spiro atoms. The lowest BCUT2D eigenvalue weighted by Gasteiger charge is -2.34. The Hall–Kier alpha value is -1.13. The van der Waals surface area contributed by atoms with Gasteiger partial charge >= 0.3 is 0 Å². The van der Waals surface area contributed by atoms with Gasteiger partial charge in [-0.2, -0.15) is 0 Å². The molecule has 0 unspecified atom stereocenters. The summed E-state index contributed by atoms with van der Waals surface area (Å²) >= 11 is 6.00. The van der Waals surface area contributed by atoms with Crippen molar-refractivity contribution in [2.45, 2.75) is 38.6 Å². The summed E-state index contributed by atoms with van der Waals surface area (Å²) in [5.74, 6) is -0.223. The molecule has 1 saturated carbocycles. The molecule has 1 fully saturated rings. The highest BCUT2D eigenvalue weighted by Gasteiger charge is 2.27. The summed E-state index contributed by atoms with van der Waals surface area (Å²) in [4.78, 5) is 14.2. The van der Waals surface area contributed by atoms with E-state index in [1.54, 1.807) is 18.9 Å². The molecule has 0 bridgehead atoms. The van der Waals surface area contributed by atoms with Gasteiger partial charge in [0.15, 0.2) is 0 Å². The van der Waals surface area contributed by atoms with Crippen molar-refractivity contribution < 1.29 is 14.3 Å². The van der Waals surface area contributed by atoms with Gasteiger partial charge in [0.2, 0.25) is 0 Å². The zero-order valence-corrected chi connectivity index (χ0v) is 13.2. The molecule has 116 valence electrons. The maximum absolute atomic E-state index is 13.4. The summed E-state index contributed by atoms with van der Waals surface area (Å²) in [6, 6.07) is 2.86. The number of carbonyl (C=O) groups excluding carboxylic acids is 1. The predicted molar refractivity (Wildman–Crippen MR) is 81.1 cm³/mol. The SMILES string of the molecule is Cc1cc(C(=O)N(C)C2CCC(CO)CC2)c(Cl)cc1F. The van der Waals surface area contributed by atoms with Gasteiger partial charge in [0.1, 0.15) is 5.82 Å². The maximum Gasteiger partial charge on any atom is 0.255 e. The van der Waals surface area contributed by atoms with Crippen molar-refractivity contribution in [1.29, 1.82) is 0 Å². The van der Waals surface area contributed by atoms with Crippen LogP contribution in [0.4, 0.5) is 4.39 Å². The van der Waals surface area contributed by atoms with Gasteiger partial charge in [-0.05, 0) is 56.2 Å². The third-order valence-corrected chi connectivity index (χ3v) is 4.73. The molecule has 5 heteroatoms. The van der Waals surface area contributed by atoms with Crippen molar-refractivity contribution in [3.63, 3.8) is 0 Å². The fourth-order valence-electron chi connectivity index (χ4n) is 2.89. The van der Waals surface area contributed by atoms with E-state index in [-0.39, 0.29) is 23.6 Å². The number of amides is 1. The Morgan fingerprint density at radius 2 is 2.00 bits per heavy atom. The average molecular weight is 314 g/mol. The smallest absolute Gasteiger partial charge is 0.255 e. The van der Waals surface area contributed by atoms with E-state index in [1.807, 2.05) is 0 Å². The van der Waals surface area contributed by atoms with Crippen LogP contribution in [-0.4, -0.2) is 35.6 Å². The van der Waals surface area contributed by atoms with Crippen LogP contribution in [0.15, 0.2) is 12.1 Å². The Balaban J connectivity index is 2.11. The van der Waals surface area contributed by atoms with Crippen LogP contribution >= 0.6 is 11.6 Å². The van der Waals surface area contributed by atoms with Gasteiger partial charge in [0.25, 0.3) is 5.91 Å². The van der Waals surface area contributed by atoms with Crippen molar-refractivity contribution in [2.24, 2.45) is 5.92 Å². The summed E-state index contributed by atoms with van der Waals surface area (Å²) in [5, 5.41) is 9.31. The average Bonchev–Trinajstić information content (AvgIpc) is 2.49. The molecular formula is C16H21ClFNO2. The quantitative estimate of drug-likeness (QED) is 0.929. The van der Waals surface area contributed by atoms with Gasteiger partial charge in [-0.25, -0.2) is 4.39 Å². The second-order valence-electron chi connectivity index (χ2n) is 5.85. The van der Waals surface area contributed by atoms with E-state index >= 15 is 0 Å². The number of rotatable bonds is 3.